The van der Waals surface area contributed by atoms with Crippen molar-refractivity contribution in [3.63, 3.8) is 0 Å². The van der Waals surface area contributed by atoms with E-state index in [9.17, 15) is 4.79 Å². The molecule has 1 aliphatic rings. The van der Waals surface area contributed by atoms with Gasteiger partial charge in [-0.2, -0.15) is 0 Å². The van der Waals surface area contributed by atoms with Gasteiger partial charge < -0.3 is 20.1 Å². The number of hydrogen-bond donors (Lipinski definition) is 2. The lowest BCUT2D eigenvalue weighted by Gasteiger charge is -2.11. The van der Waals surface area contributed by atoms with E-state index in [4.69, 9.17) is 9.47 Å². The molecule has 0 spiro atoms. The first kappa shape index (κ1) is 20.2. The predicted octanol–water partition coefficient (Wildman–Crippen LogP) is 2.39. The molecule has 144 valence electrons. The molecule has 1 aliphatic carbocycles. The molecule has 1 aromatic carbocycles. The third kappa shape index (κ3) is 7.87. The molecule has 0 saturated heterocycles. The molecular formula is C20H31N3O3. The van der Waals surface area contributed by atoms with E-state index in [1.165, 1.54) is 20.0 Å². The largest absolute Gasteiger partial charge is 0.465 e. The van der Waals surface area contributed by atoms with Crippen LogP contribution in [0.15, 0.2) is 29.3 Å². The van der Waals surface area contributed by atoms with Crippen LogP contribution in [0.1, 0.15) is 42.1 Å². The van der Waals surface area contributed by atoms with Crippen molar-refractivity contribution in [2.24, 2.45) is 10.9 Å². The maximum absolute atomic E-state index is 11.4. The van der Waals surface area contributed by atoms with Gasteiger partial charge in [0.15, 0.2) is 5.96 Å². The lowest BCUT2D eigenvalue weighted by atomic mass is 10.1. The number of guanidine groups is 1. The Balaban J connectivity index is 1.65. The zero-order valence-corrected chi connectivity index (χ0v) is 15.9. The van der Waals surface area contributed by atoms with Crippen molar-refractivity contribution < 1.29 is 14.3 Å². The van der Waals surface area contributed by atoms with Gasteiger partial charge in [0.25, 0.3) is 0 Å². The van der Waals surface area contributed by atoms with Gasteiger partial charge in [0.05, 0.1) is 12.7 Å². The second kappa shape index (κ2) is 11.5. The van der Waals surface area contributed by atoms with E-state index < -0.39 is 0 Å². The molecule has 0 aromatic heterocycles. The molecule has 6 heteroatoms. The highest BCUT2D eigenvalue weighted by Gasteiger charge is 2.20. The Morgan fingerprint density at radius 1 is 1.23 bits per heavy atom. The van der Waals surface area contributed by atoms with Gasteiger partial charge in [-0.1, -0.05) is 12.1 Å². The van der Waals surface area contributed by atoms with E-state index in [1.54, 1.807) is 12.1 Å². The summed E-state index contributed by atoms with van der Waals surface area (Å²) in [5.41, 5.74) is 1.73. The first-order valence-electron chi connectivity index (χ1n) is 9.50. The Kier molecular flexibility index (Phi) is 8.96. The summed E-state index contributed by atoms with van der Waals surface area (Å²) in [5.74, 6) is 1.34. The fourth-order valence-electron chi connectivity index (χ4n) is 2.48. The van der Waals surface area contributed by atoms with Crippen LogP contribution in [0.25, 0.3) is 0 Å². The Hall–Kier alpha value is -2.08. The van der Waals surface area contributed by atoms with Crippen molar-refractivity contribution >= 4 is 11.9 Å². The molecule has 2 N–H and O–H groups in total. The maximum Gasteiger partial charge on any atom is 0.337 e. The zero-order valence-electron chi connectivity index (χ0n) is 15.9. The van der Waals surface area contributed by atoms with Gasteiger partial charge in [0.1, 0.15) is 0 Å². The van der Waals surface area contributed by atoms with E-state index >= 15 is 0 Å². The standard InChI is InChI=1S/C20H31N3O3/c1-3-21-20(22-12-4-14-26-15-17-5-6-17)23-13-11-16-7-9-18(10-8-16)19(24)25-2/h7-10,17H,3-6,11-15H2,1-2H3,(H2,21,22,23). The van der Waals surface area contributed by atoms with E-state index in [0.717, 1.165) is 63.1 Å². The van der Waals surface area contributed by atoms with Crippen molar-refractivity contribution in [2.75, 3.05) is 40.0 Å². The van der Waals surface area contributed by atoms with Crippen LogP contribution >= 0.6 is 0 Å². The maximum atomic E-state index is 11.4. The van der Waals surface area contributed by atoms with Crippen LogP contribution in [0.3, 0.4) is 0 Å². The number of rotatable bonds is 11. The van der Waals surface area contributed by atoms with Gasteiger partial charge in [-0.15, -0.1) is 0 Å². The number of nitrogens with one attached hydrogen (secondary N) is 2. The van der Waals surface area contributed by atoms with Gasteiger partial charge >= 0.3 is 5.97 Å². The smallest absolute Gasteiger partial charge is 0.337 e. The highest BCUT2D eigenvalue weighted by Crippen LogP contribution is 2.28. The minimum Gasteiger partial charge on any atom is -0.465 e. The van der Waals surface area contributed by atoms with Crippen LogP contribution in [0.4, 0.5) is 0 Å². The minimum absolute atomic E-state index is 0.308. The molecule has 1 fully saturated rings. The van der Waals surface area contributed by atoms with E-state index in [0.29, 0.717) is 5.56 Å². The van der Waals surface area contributed by atoms with Crippen LogP contribution in [0, 0.1) is 5.92 Å². The summed E-state index contributed by atoms with van der Waals surface area (Å²) in [4.78, 5) is 16.0. The summed E-state index contributed by atoms with van der Waals surface area (Å²) in [7, 11) is 1.39. The summed E-state index contributed by atoms with van der Waals surface area (Å²) < 4.78 is 10.3. The van der Waals surface area contributed by atoms with Crippen molar-refractivity contribution in [1.29, 1.82) is 0 Å². The van der Waals surface area contributed by atoms with Crippen molar-refractivity contribution in [1.82, 2.24) is 10.6 Å². The Bertz CT molecular complexity index is 568. The van der Waals surface area contributed by atoms with Crippen molar-refractivity contribution in [3.05, 3.63) is 35.4 Å². The van der Waals surface area contributed by atoms with Crippen molar-refractivity contribution in [3.8, 4) is 0 Å². The number of carbonyl (C=O) groups excluding carboxylic acids is 1. The summed E-state index contributed by atoms with van der Waals surface area (Å²) in [5, 5.41) is 6.60. The molecule has 0 aliphatic heterocycles. The van der Waals surface area contributed by atoms with Crippen LogP contribution in [0.2, 0.25) is 0 Å². The Morgan fingerprint density at radius 3 is 2.65 bits per heavy atom. The number of hydrogen-bond acceptors (Lipinski definition) is 4. The van der Waals surface area contributed by atoms with E-state index in [1.807, 2.05) is 12.1 Å². The SMILES string of the molecule is CCNC(=NCCCOCC1CC1)NCCc1ccc(C(=O)OC)cc1. The van der Waals surface area contributed by atoms with Crippen LogP contribution in [0.5, 0.6) is 0 Å². The predicted molar refractivity (Wildman–Crippen MR) is 104 cm³/mol. The number of benzene rings is 1. The zero-order chi connectivity index (χ0) is 18.6. The molecule has 0 atom stereocenters. The molecule has 0 amide bonds. The van der Waals surface area contributed by atoms with Gasteiger partial charge in [-0.25, -0.2) is 4.79 Å². The number of methoxy groups -OCH3 is 1. The molecule has 0 unspecified atom stereocenters. The molecule has 2 rings (SSSR count). The Morgan fingerprint density at radius 2 is 2.00 bits per heavy atom. The highest BCUT2D eigenvalue weighted by atomic mass is 16.5. The first-order chi connectivity index (χ1) is 12.7. The molecule has 0 heterocycles. The van der Waals surface area contributed by atoms with Crippen LogP contribution < -0.4 is 10.6 Å². The number of carbonyl (C=O) groups is 1. The summed E-state index contributed by atoms with van der Waals surface area (Å²) in [6.45, 7) is 6.12. The molecule has 0 bridgehead atoms. The summed E-state index contributed by atoms with van der Waals surface area (Å²) in [6, 6.07) is 7.49. The number of ether oxygens (including phenoxy) is 2. The van der Waals surface area contributed by atoms with Crippen LogP contribution in [-0.2, 0) is 15.9 Å². The number of esters is 1. The molecule has 0 radical (unpaired) electrons. The van der Waals surface area contributed by atoms with Gasteiger partial charge in [-0.05, 0) is 56.2 Å². The average Bonchev–Trinajstić information content (AvgIpc) is 3.48. The van der Waals surface area contributed by atoms with Crippen LogP contribution in [-0.4, -0.2) is 51.9 Å². The fraction of sp³-hybridized carbons (Fsp3) is 0.600. The Labute approximate surface area is 156 Å². The third-order valence-corrected chi connectivity index (χ3v) is 4.19. The molecule has 1 saturated carbocycles. The minimum atomic E-state index is -0.308. The van der Waals surface area contributed by atoms with Gasteiger partial charge in [0.2, 0.25) is 0 Å². The lowest BCUT2D eigenvalue weighted by molar-refractivity contribution is 0.0600. The molecule has 1 aromatic rings. The number of aliphatic imine (C=N–C) groups is 1. The topological polar surface area (TPSA) is 72.0 Å². The quantitative estimate of drug-likeness (QED) is 0.274. The van der Waals surface area contributed by atoms with E-state index in [-0.39, 0.29) is 5.97 Å². The van der Waals surface area contributed by atoms with Gasteiger partial charge in [0, 0.05) is 32.8 Å². The fourth-order valence-corrected chi connectivity index (χ4v) is 2.48. The van der Waals surface area contributed by atoms with E-state index in [2.05, 4.69) is 22.5 Å². The average molecular weight is 361 g/mol. The normalized spacial score (nSPS) is 14.2. The molecule has 26 heavy (non-hydrogen) atoms. The second-order valence-corrected chi connectivity index (χ2v) is 6.50. The molecular weight excluding hydrogens is 330 g/mol. The number of nitrogens with zero attached hydrogens (tertiary/aromatic N) is 1. The highest BCUT2D eigenvalue weighted by molar-refractivity contribution is 5.89. The second-order valence-electron chi connectivity index (χ2n) is 6.50. The third-order valence-electron chi connectivity index (χ3n) is 4.19. The monoisotopic (exact) mass is 361 g/mol. The lowest BCUT2D eigenvalue weighted by Crippen LogP contribution is -2.38. The summed E-state index contributed by atoms with van der Waals surface area (Å²) in [6.07, 6.45) is 4.46. The van der Waals surface area contributed by atoms with Gasteiger partial charge in [-0.3, -0.25) is 4.99 Å². The molecule has 6 nitrogen and oxygen atoms in total. The summed E-state index contributed by atoms with van der Waals surface area (Å²) >= 11 is 0. The van der Waals surface area contributed by atoms with Crippen molar-refractivity contribution in [2.45, 2.75) is 32.6 Å². The first-order valence-corrected chi connectivity index (χ1v) is 9.50.